The van der Waals surface area contributed by atoms with Crippen LogP contribution in [-0.4, -0.2) is 22.6 Å². The van der Waals surface area contributed by atoms with E-state index >= 15 is 0 Å². The molecule has 2 aromatic rings. The number of hydrogen-bond acceptors (Lipinski definition) is 4. The predicted octanol–water partition coefficient (Wildman–Crippen LogP) is 1.67. The van der Waals surface area contributed by atoms with Crippen molar-refractivity contribution in [2.24, 2.45) is 0 Å². The lowest BCUT2D eigenvalue weighted by atomic mass is 10.2. The Balaban J connectivity index is 2.57. The molecule has 0 aliphatic rings. The van der Waals surface area contributed by atoms with Crippen LogP contribution in [0.1, 0.15) is 10.4 Å². The molecule has 0 aromatic carbocycles. The summed E-state index contributed by atoms with van der Waals surface area (Å²) >= 11 is 5.76. The maximum absolute atomic E-state index is 11.7. The molecule has 0 spiro atoms. The largest absolute Gasteiger partial charge is 0.465 e. The average molecular weight is 265 g/mol. The average Bonchev–Trinajstić information content (AvgIpc) is 2.38. The summed E-state index contributed by atoms with van der Waals surface area (Å²) in [6.45, 7) is 0. The molecule has 0 saturated carbocycles. The van der Waals surface area contributed by atoms with Crippen molar-refractivity contribution in [1.82, 2.24) is 9.55 Å². The fourth-order valence-electron chi connectivity index (χ4n) is 1.47. The van der Waals surface area contributed by atoms with Gasteiger partial charge in [-0.3, -0.25) is 9.36 Å². The van der Waals surface area contributed by atoms with Gasteiger partial charge in [-0.2, -0.15) is 0 Å². The highest BCUT2D eigenvalue weighted by atomic mass is 35.5. The van der Waals surface area contributed by atoms with E-state index in [1.54, 1.807) is 6.07 Å². The van der Waals surface area contributed by atoms with Crippen molar-refractivity contribution >= 4 is 17.6 Å². The molecular weight excluding hydrogens is 256 g/mol. The van der Waals surface area contributed by atoms with Gasteiger partial charge in [-0.05, 0) is 18.2 Å². The number of pyridine rings is 2. The van der Waals surface area contributed by atoms with E-state index in [-0.39, 0.29) is 16.3 Å². The predicted molar refractivity (Wildman–Crippen MR) is 66.2 cm³/mol. The normalized spacial score (nSPS) is 10.1. The quantitative estimate of drug-likeness (QED) is 0.611. The standard InChI is InChI=1S/C12H9ClN2O3/c1-18-12(17)8-2-3-11(16)15(7-8)9-4-5-14-10(13)6-9/h2-7H,1H3. The lowest BCUT2D eigenvalue weighted by Crippen LogP contribution is -2.18. The Hall–Kier alpha value is -2.14. The van der Waals surface area contributed by atoms with E-state index in [0.29, 0.717) is 5.69 Å². The number of aromatic nitrogens is 2. The third-order valence-corrected chi connectivity index (χ3v) is 2.53. The Morgan fingerprint density at radius 2 is 2.17 bits per heavy atom. The van der Waals surface area contributed by atoms with Crippen molar-refractivity contribution in [2.45, 2.75) is 0 Å². The molecule has 0 atom stereocenters. The fourth-order valence-corrected chi connectivity index (χ4v) is 1.64. The minimum absolute atomic E-state index is 0.267. The minimum Gasteiger partial charge on any atom is -0.465 e. The summed E-state index contributed by atoms with van der Waals surface area (Å²) in [4.78, 5) is 27.0. The molecule has 18 heavy (non-hydrogen) atoms. The van der Waals surface area contributed by atoms with Crippen molar-refractivity contribution in [1.29, 1.82) is 0 Å². The number of methoxy groups -OCH3 is 1. The van der Waals surface area contributed by atoms with Crippen molar-refractivity contribution in [3.05, 3.63) is 57.7 Å². The molecule has 6 heteroatoms. The molecule has 5 nitrogen and oxygen atoms in total. The topological polar surface area (TPSA) is 61.2 Å². The molecule has 0 amide bonds. The summed E-state index contributed by atoms with van der Waals surface area (Å²) in [6, 6.07) is 5.85. The second-order valence-electron chi connectivity index (χ2n) is 3.45. The van der Waals surface area contributed by atoms with Gasteiger partial charge in [0.05, 0.1) is 18.4 Å². The van der Waals surface area contributed by atoms with Gasteiger partial charge in [0.15, 0.2) is 0 Å². The first kappa shape index (κ1) is 12.3. The van der Waals surface area contributed by atoms with Gasteiger partial charge in [0.1, 0.15) is 5.15 Å². The summed E-state index contributed by atoms with van der Waals surface area (Å²) in [5.41, 5.74) is 0.542. The third-order valence-electron chi connectivity index (χ3n) is 2.32. The number of esters is 1. The van der Waals surface area contributed by atoms with Gasteiger partial charge >= 0.3 is 5.97 Å². The van der Waals surface area contributed by atoms with E-state index in [4.69, 9.17) is 11.6 Å². The van der Waals surface area contributed by atoms with Crippen LogP contribution in [0.15, 0.2) is 41.5 Å². The van der Waals surface area contributed by atoms with Crippen LogP contribution in [0.2, 0.25) is 5.15 Å². The van der Waals surface area contributed by atoms with Crippen LogP contribution in [0.4, 0.5) is 0 Å². The first-order valence-corrected chi connectivity index (χ1v) is 5.42. The van der Waals surface area contributed by atoms with E-state index in [1.807, 2.05) is 0 Å². The van der Waals surface area contributed by atoms with Crippen LogP contribution >= 0.6 is 11.6 Å². The molecule has 0 N–H and O–H groups in total. The summed E-state index contributed by atoms with van der Waals surface area (Å²) in [5, 5.41) is 0.267. The van der Waals surface area contributed by atoms with Gasteiger partial charge in [0, 0.05) is 18.5 Å². The zero-order valence-electron chi connectivity index (χ0n) is 9.46. The Morgan fingerprint density at radius 1 is 1.39 bits per heavy atom. The van der Waals surface area contributed by atoms with Gasteiger partial charge in [0.2, 0.25) is 0 Å². The van der Waals surface area contributed by atoms with Crippen molar-refractivity contribution in [3.63, 3.8) is 0 Å². The molecule has 92 valence electrons. The maximum atomic E-state index is 11.7. The summed E-state index contributed by atoms with van der Waals surface area (Å²) < 4.78 is 5.90. The Labute approximate surface area is 108 Å². The van der Waals surface area contributed by atoms with Crippen LogP contribution in [-0.2, 0) is 4.74 Å². The molecular formula is C12H9ClN2O3. The summed E-state index contributed by atoms with van der Waals surface area (Å²) in [7, 11) is 1.28. The third kappa shape index (κ3) is 2.41. The maximum Gasteiger partial charge on any atom is 0.339 e. The number of ether oxygens (including phenoxy) is 1. The molecule has 0 saturated heterocycles. The highest BCUT2D eigenvalue weighted by Crippen LogP contribution is 2.11. The molecule has 0 fully saturated rings. The number of nitrogens with zero attached hydrogens (tertiary/aromatic N) is 2. The molecule has 0 radical (unpaired) electrons. The van der Waals surface area contributed by atoms with Crippen LogP contribution in [0.25, 0.3) is 5.69 Å². The molecule has 0 aliphatic heterocycles. The van der Waals surface area contributed by atoms with Crippen LogP contribution < -0.4 is 5.56 Å². The number of hydrogen-bond donors (Lipinski definition) is 0. The van der Waals surface area contributed by atoms with Gasteiger partial charge in [-0.15, -0.1) is 0 Å². The monoisotopic (exact) mass is 264 g/mol. The first-order valence-electron chi connectivity index (χ1n) is 5.05. The lowest BCUT2D eigenvalue weighted by Gasteiger charge is -2.07. The smallest absolute Gasteiger partial charge is 0.339 e. The highest BCUT2D eigenvalue weighted by Gasteiger charge is 2.08. The molecule has 0 aliphatic carbocycles. The van der Waals surface area contributed by atoms with Gasteiger partial charge < -0.3 is 4.74 Å². The first-order chi connectivity index (χ1) is 8.61. The number of carbonyl (C=O) groups is 1. The number of rotatable bonds is 2. The SMILES string of the molecule is COC(=O)c1ccc(=O)n(-c2ccnc(Cl)c2)c1. The second kappa shape index (κ2) is 5.01. The van der Waals surface area contributed by atoms with Gasteiger partial charge in [-0.1, -0.05) is 11.6 Å². The van der Waals surface area contributed by atoms with E-state index in [9.17, 15) is 9.59 Å². The number of halogens is 1. The van der Waals surface area contributed by atoms with Crippen LogP contribution in [0, 0.1) is 0 Å². The fraction of sp³-hybridized carbons (Fsp3) is 0.0833. The van der Waals surface area contributed by atoms with Gasteiger partial charge in [-0.25, -0.2) is 9.78 Å². The van der Waals surface area contributed by atoms with E-state index < -0.39 is 5.97 Å². The van der Waals surface area contributed by atoms with Crippen molar-refractivity contribution in [3.8, 4) is 5.69 Å². The number of carbonyl (C=O) groups excluding carboxylic acids is 1. The summed E-state index contributed by atoms with van der Waals surface area (Å²) in [5.74, 6) is -0.510. The zero-order chi connectivity index (χ0) is 13.1. The van der Waals surface area contributed by atoms with Crippen molar-refractivity contribution < 1.29 is 9.53 Å². The molecule has 0 unspecified atom stereocenters. The van der Waals surface area contributed by atoms with Crippen LogP contribution in [0.3, 0.4) is 0 Å². The van der Waals surface area contributed by atoms with E-state index in [2.05, 4.69) is 9.72 Å². The Kier molecular flexibility index (Phi) is 3.43. The zero-order valence-corrected chi connectivity index (χ0v) is 10.2. The van der Waals surface area contributed by atoms with Crippen molar-refractivity contribution in [2.75, 3.05) is 7.11 Å². The lowest BCUT2D eigenvalue weighted by molar-refractivity contribution is 0.0600. The van der Waals surface area contributed by atoms with Crippen LogP contribution in [0.5, 0.6) is 0 Å². The van der Waals surface area contributed by atoms with Gasteiger partial charge in [0.25, 0.3) is 5.56 Å². The second-order valence-corrected chi connectivity index (χ2v) is 3.84. The van der Waals surface area contributed by atoms with E-state index in [1.165, 1.54) is 42.3 Å². The minimum atomic E-state index is -0.510. The molecule has 2 rings (SSSR count). The molecule has 0 bridgehead atoms. The molecule has 2 aromatic heterocycles. The summed E-state index contributed by atoms with van der Waals surface area (Å²) in [6.07, 6.45) is 2.88. The highest BCUT2D eigenvalue weighted by molar-refractivity contribution is 6.29. The Morgan fingerprint density at radius 3 is 2.83 bits per heavy atom. The molecule has 2 heterocycles. The Bertz CT molecular complexity index is 652. The van der Waals surface area contributed by atoms with E-state index in [0.717, 1.165) is 0 Å².